The van der Waals surface area contributed by atoms with Gasteiger partial charge in [0.15, 0.2) is 0 Å². The second kappa shape index (κ2) is 8.57. The zero-order chi connectivity index (χ0) is 22.9. The van der Waals surface area contributed by atoms with Crippen molar-refractivity contribution in [2.24, 2.45) is 7.05 Å². The van der Waals surface area contributed by atoms with Crippen molar-refractivity contribution in [3.05, 3.63) is 72.6 Å². The van der Waals surface area contributed by atoms with E-state index in [4.69, 9.17) is 4.74 Å². The van der Waals surface area contributed by atoms with Crippen molar-refractivity contribution in [2.75, 3.05) is 31.1 Å². The maximum atomic E-state index is 13.1. The summed E-state index contributed by atoms with van der Waals surface area (Å²) in [4.78, 5) is 16.6. The van der Waals surface area contributed by atoms with Gasteiger partial charge in [0.1, 0.15) is 11.9 Å². The molecule has 1 saturated heterocycles. The maximum absolute atomic E-state index is 13.1. The van der Waals surface area contributed by atoms with Crippen molar-refractivity contribution in [2.45, 2.75) is 13.0 Å². The molecule has 1 aliphatic rings. The average molecular weight is 449 g/mol. The minimum atomic E-state index is -0.440. The highest BCUT2D eigenvalue weighted by molar-refractivity contribution is 5.76. The van der Waals surface area contributed by atoms with Crippen molar-refractivity contribution < 1.29 is 13.9 Å². The van der Waals surface area contributed by atoms with Crippen molar-refractivity contribution >= 4 is 17.3 Å². The van der Waals surface area contributed by atoms with Gasteiger partial charge in [-0.3, -0.25) is 4.68 Å². The summed E-state index contributed by atoms with van der Waals surface area (Å²) < 4.78 is 22.4. The fourth-order valence-electron chi connectivity index (χ4n) is 4.11. The Morgan fingerprint density at radius 3 is 2.42 bits per heavy atom. The molecule has 1 aromatic carbocycles. The van der Waals surface area contributed by atoms with Gasteiger partial charge in [0.2, 0.25) is 0 Å². The van der Waals surface area contributed by atoms with E-state index < -0.39 is 6.10 Å². The molecule has 1 aliphatic heterocycles. The standard InChI is InChI=1S/C24H25FN6O2/c1-17(18-3-6-21(25)7-4-18)33-24(32)30-11-9-29(10-12-30)23-14-27-31-16-19(5-8-22(23)31)20-13-26-28(2)15-20/h3-8,13-17H,9-12H2,1-2H3/t17-/m1/s1. The number of carbonyl (C=O) groups excluding carboxylic acids is 1. The topological polar surface area (TPSA) is 67.9 Å². The maximum Gasteiger partial charge on any atom is 0.410 e. The Labute approximate surface area is 190 Å². The summed E-state index contributed by atoms with van der Waals surface area (Å²) >= 11 is 0. The van der Waals surface area contributed by atoms with E-state index in [1.165, 1.54) is 12.1 Å². The van der Waals surface area contributed by atoms with Crippen LogP contribution in [0.1, 0.15) is 18.6 Å². The summed E-state index contributed by atoms with van der Waals surface area (Å²) in [6.07, 6.45) is 6.88. The van der Waals surface area contributed by atoms with Crippen LogP contribution in [0.15, 0.2) is 61.2 Å². The van der Waals surface area contributed by atoms with E-state index in [9.17, 15) is 9.18 Å². The number of anilines is 1. The lowest BCUT2D eigenvalue weighted by Gasteiger charge is -2.35. The quantitative estimate of drug-likeness (QED) is 0.474. The third kappa shape index (κ3) is 4.26. The molecule has 0 bridgehead atoms. The van der Waals surface area contributed by atoms with Crippen LogP contribution in [0.4, 0.5) is 14.9 Å². The van der Waals surface area contributed by atoms with E-state index in [1.54, 1.807) is 28.6 Å². The number of aromatic nitrogens is 4. The number of hydrogen-bond acceptors (Lipinski definition) is 5. The van der Waals surface area contributed by atoms with Crippen molar-refractivity contribution in [1.82, 2.24) is 24.3 Å². The van der Waals surface area contributed by atoms with Gasteiger partial charge in [0.25, 0.3) is 0 Å². The molecule has 1 amide bonds. The third-order valence-electron chi connectivity index (χ3n) is 6.03. The Bertz CT molecular complexity index is 1270. The molecule has 0 unspecified atom stereocenters. The molecule has 170 valence electrons. The number of halogens is 1. The summed E-state index contributed by atoms with van der Waals surface area (Å²) in [6, 6.07) is 10.1. The molecule has 33 heavy (non-hydrogen) atoms. The molecule has 5 rings (SSSR count). The van der Waals surface area contributed by atoms with Crippen LogP contribution >= 0.6 is 0 Å². The van der Waals surface area contributed by atoms with Crippen LogP contribution in [0, 0.1) is 5.82 Å². The second-order valence-corrected chi connectivity index (χ2v) is 8.23. The predicted molar refractivity (Wildman–Crippen MR) is 122 cm³/mol. The third-order valence-corrected chi connectivity index (χ3v) is 6.03. The van der Waals surface area contributed by atoms with Crippen molar-refractivity contribution in [3.8, 4) is 11.1 Å². The van der Waals surface area contributed by atoms with Gasteiger partial charge in [0, 0.05) is 56.7 Å². The summed E-state index contributed by atoms with van der Waals surface area (Å²) in [7, 11) is 1.90. The van der Waals surface area contributed by atoms with Crippen LogP contribution in [0.2, 0.25) is 0 Å². The number of aryl methyl sites for hydroxylation is 1. The molecule has 0 radical (unpaired) electrons. The minimum Gasteiger partial charge on any atom is -0.442 e. The Kier molecular flexibility index (Phi) is 5.45. The van der Waals surface area contributed by atoms with Crippen molar-refractivity contribution in [3.63, 3.8) is 0 Å². The number of benzene rings is 1. The number of pyridine rings is 1. The molecule has 0 saturated carbocycles. The first kappa shape index (κ1) is 21.0. The van der Waals surface area contributed by atoms with E-state index in [1.807, 2.05) is 36.4 Å². The van der Waals surface area contributed by atoms with Crippen LogP contribution < -0.4 is 4.90 Å². The Morgan fingerprint density at radius 1 is 0.970 bits per heavy atom. The molecule has 0 aliphatic carbocycles. The van der Waals surface area contributed by atoms with Crippen molar-refractivity contribution in [1.29, 1.82) is 0 Å². The smallest absolute Gasteiger partial charge is 0.410 e. The van der Waals surface area contributed by atoms with Gasteiger partial charge in [-0.05, 0) is 30.7 Å². The number of nitrogens with zero attached hydrogens (tertiary/aromatic N) is 6. The van der Waals surface area contributed by atoms with Gasteiger partial charge in [-0.25, -0.2) is 13.7 Å². The highest BCUT2D eigenvalue weighted by atomic mass is 19.1. The number of amides is 1. The number of carbonyl (C=O) groups is 1. The highest BCUT2D eigenvalue weighted by Gasteiger charge is 2.25. The van der Waals surface area contributed by atoms with Crippen LogP contribution in [0.25, 0.3) is 16.6 Å². The van der Waals surface area contributed by atoms with E-state index in [-0.39, 0.29) is 11.9 Å². The summed E-state index contributed by atoms with van der Waals surface area (Å²) in [6.45, 7) is 4.28. The average Bonchev–Trinajstić information content (AvgIpc) is 3.45. The second-order valence-electron chi connectivity index (χ2n) is 8.23. The molecule has 8 nitrogen and oxygen atoms in total. The number of piperazine rings is 1. The molecule has 0 N–H and O–H groups in total. The minimum absolute atomic E-state index is 0.311. The highest BCUT2D eigenvalue weighted by Crippen LogP contribution is 2.27. The van der Waals surface area contributed by atoms with Gasteiger partial charge in [-0.1, -0.05) is 18.2 Å². The zero-order valence-corrected chi connectivity index (χ0v) is 18.6. The predicted octanol–water partition coefficient (Wildman–Crippen LogP) is 3.89. The molecular weight excluding hydrogens is 423 g/mol. The zero-order valence-electron chi connectivity index (χ0n) is 18.6. The van der Waals surface area contributed by atoms with E-state index in [0.29, 0.717) is 26.2 Å². The number of hydrogen-bond donors (Lipinski definition) is 0. The van der Waals surface area contributed by atoms with Gasteiger partial charge in [-0.2, -0.15) is 10.2 Å². The molecule has 1 atom stereocenters. The molecule has 9 heteroatoms. The number of rotatable bonds is 4. The normalized spacial score (nSPS) is 15.1. The molecule has 0 spiro atoms. The summed E-state index contributed by atoms with van der Waals surface area (Å²) in [5.41, 5.74) is 4.91. The van der Waals surface area contributed by atoms with E-state index >= 15 is 0 Å². The largest absolute Gasteiger partial charge is 0.442 e. The van der Waals surface area contributed by atoms with Gasteiger partial charge in [0.05, 0.1) is 23.6 Å². The van der Waals surface area contributed by atoms with Crippen LogP contribution in [-0.2, 0) is 11.8 Å². The monoisotopic (exact) mass is 448 g/mol. The van der Waals surface area contributed by atoms with E-state index in [2.05, 4.69) is 27.2 Å². The number of ether oxygens (including phenoxy) is 1. The molecule has 3 aromatic heterocycles. The Hall–Kier alpha value is -3.88. The molecule has 1 fully saturated rings. The first-order valence-corrected chi connectivity index (χ1v) is 10.9. The summed E-state index contributed by atoms with van der Waals surface area (Å²) in [5, 5.41) is 8.77. The number of fused-ring (bicyclic) bond motifs is 1. The molecule has 4 aromatic rings. The Balaban J connectivity index is 1.22. The Morgan fingerprint density at radius 2 is 1.73 bits per heavy atom. The van der Waals surface area contributed by atoms with E-state index in [0.717, 1.165) is 27.9 Å². The lowest BCUT2D eigenvalue weighted by molar-refractivity contribution is 0.0680. The lowest BCUT2D eigenvalue weighted by atomic mass is 10.1. The van der Waals surface area contributed by atoms with Crippen LogP contribution in [0.3, 0.4) is 0 Å². The fourth-order valence-corrected chi connectivity index (χ4v) is 4.11. The lowest BCUT2D eigenvalue weighted by Crippen LogP contribution is -2.49. The first-order chi connectivity index (χ1) is 16.0. The van der Waals surface area contributed by atoms with Crippen LogP contribution in [-0.4, -0.2) is 56.6 Å². The summed E-state index contributed by atoms with van der Waals surface area (Å²) in [5.74, 6) is -0.311. The SMILES string of the molecule is C[C@@H](OC(=O)N1CCN(c2cnn3cc(-c4cnn(C)c4)ccc23)CC1)c1ccc(F)cc1. The van der Waals surface area contributed by atoms with Gasteiger partial charge in [-0.15, -0.1) is 0 Å². The van der Waals surface area contributed by atoms with Crippen LogP contribution in [0.5, 0.6) is 0 Å². The fraction of sp³-hybridized carbons (Fsp3) is 0.292. The molecular formula is C24H25FN6O2. The van der Waals surface area contributed by atoms with Gasteiger partial charge >= 0.3 is 6.09 Å². The molecule has 4 heterocycles. The first-order valence-electron chi connectivity index (χ1n) is 10.9. The van der Waals surface area contributed by atoms with Gasteiger partial charge < -0.3 is 14.5 Å².